The Morgan fingerprint density at radius 1 is 1.37 bits per heavy atom. The molecule has 0 aliphatic carbocycles. The summed E-state index contributed by atoms with van der Waals surface area (Å²) < 4.78 is 1.74. The van der Waals surface area contributed by atoms with Crippen molar-refractivity contribution in [2.45, 2.75) is 31.4 Å². The highest BCUT2D eigenvalue weighted by atomic mass is 35.5. The van der Waals surface area contributed by atoms with Crippen molar-refractivity contribution in [1.29, 1.82) is 0 Å². The Kier molecular flexibility index (Phi) is 4.91. The number of aryl methyl sites for hydroxylation is 2. The van der Waals surface area contributed by atoms with Crippen LogP contribution in [0.25, 0.3) is 0 Å². The fourth-order valence-corrected chi connectivity index (χ4v) is 2.95. The van der Waals surface area contributed by atoms with E-state index in [0.29, 0.717) is 23.0 Å². The number of rotatable bonds is 5. The normalized spacial score (nSPS) is 12.6. The molecule has 0 aliphatic heterocycles. The summed E-state index contributed by atoms with van der Waals surface area (Å²) in [6, 6.07) is 8.26. The summed E-state index contributed by atoms with van der Waals surface area (Å²) in [7, 11) is 0. The molecule has 0 radical (unpaired) electrons. The zero-order valence-electron chi connectivity index (χ0n) is 11.0. The first-order valence-electron chi connectivity index (χ1n) is 6.20. The third kappa shape index (κ3) is 3.53. The molecule has 2 rings (SSSR count). The van der Waals surface area contributed by atoms with Gasteiger partial charge in [-0.25, -0.2) is 0 Å². The van der Waals surface area contributed by atoms with Crippen molar-refractivity contribution in [3.8, 4) is 0 Å². The largest absolute Gasteiger partial charge is 0.386 e. The Hall–Kier alpha value is -0.970. The number of thioether (sulfide) groups is 1. The highest BCUT2D eigenvalue weighted by molar-refractivity contribution is 7.99. The molecular weight excluding hydrogens is 280 g/mol. The van der Waals surface area contributed by atoms with Crippen molar-refractivity contribution in [3.05, 3.63) is 46.7 Å². The van der Waals surface area contributed by atoms with Crippen LogP contribution < -0.4 is 0 Å². The van der Waals surface area contributed by atoms with E-state index in [4.69, 9.17) is 11.6 Å². The summed E-state index contributed by atoms with van der Waals surface area (Å²) in [6.07, 6.45) is 0.974. The lowest BCUT2D eigenvalue weighted by Crippen LogP contribution is -2.10. The molecule has 0 fully saturated rings. The Balaban J connectivity index is 2.03. The first kappa shape index (κ1) is 14.4. The van der Waals surface area contributed by atoms with Crippen molar-refractivity contribution in [3.63, 3.8) is 0 Å². The van der Waals surface area contributed by atoms with E-state index in [0.717, 1.165) is 4.90 Å². The summed E-state index contributed by atoms with van der Waals surface area (Å²) in [5.41, 5.74) is 1.93. The van der Waals surface area contributed by atoms with E-state index in [2.05, 4.69) is 36.3 Å². The number of aromatic nitrogens is 2. The molecule has 0 spiro atoms. The zero-order valence-corrected chi connectivity index (χ0v) is 12.6. The average Bonchev–Trinajstić information content (AvgIpc) is 2.79. The quantitative estimate of drug-likeness (QED) is 0.855. The van der Waals surface area contributed by atoms with Gasteiger partial charge in [-0.3, -0.25) is 4.68 Å². The Labute approximate surface area is 122 Å². The van der Waals surface area contributed by atoms with Crippen LogP contribution >= 0.6 is 23.4 Å². The predicted molar refractivity (Wildman–Crippen MR) is 79.8 cm³/mol. The lowest BCUT2D eigenvalue weighted by Gasteiger charge is -2.13. The number of halogens is 1. The van der Waals surface area contributed by atoms with Gasteiger partial charge in [-0.1, -0.05) is 29.3 Å². The number of nitrogens with zero attached hydrogens (tertiary/aromatic N) is 2. The van der Waals surface area contributed by atoms with E-state index in [1.54, 1.807) is 22.6 Å². The van der Waals surface area contributed by atoms with E-state index in [1.807, 2.05) is 6.92 Å². The van der Waals surface area contributed by atoms with Gasteiger partial charge in [0, 0.05) is 17.2 Å². The number of hydrogen-bond acceptors (Lipinski definition) is 3. The summed E-state index contributed by atoms with van der Waals surface area (Å²) in [4.78, 5) is 1.14. The fourth-order valence-electron chi connectivity index (χ4n) is 1.84. The highest BCUT2D eigenvalue weighted by Crippen LogP contribution is 2.28. The van der Waals surface area contributed by atoms with Crippen LogP contribution in [0.5, 0.6) is 0 Å². The second-order valence-corrected chi connectivity index (χ2v) is 5.83. The molecule has 1 aromatic heterocycles. The first-order chi connectivity index (χ1) is 9.11. The molecule has 19 heavy (non-hydrogen) atoms. The summed E-state index contributed by atoms with van der Waals surface area (Å²) in [5.74, 6) is 0.564. The van der Waals surface area contributed by atoms with Crippen LogP contribution in [0.2, 0.25) is 5.02 Å². The lowest BCUT2D eigenvalue weighted by molar-refractivity contribution is 0.192. The Bertz CT molecular complexity index is 539. The number of aliphatic hydroxyl groups excluding tert-OH is 1. The van der Waals surface area contributed by atoms with Crippen LogP contribution in [0.1, 0.15) is 24.3 Å². The third-order valence-electron chi connectivity index (χ3n) is 2.88. The van der Waals surface area contributed by atoms with Gasteiger partial charge in [-0.15, -0.1) is 11.8 Å². The molecule has 0 saturated heterocycles. The summed E-state index contributed by atoms with van der Waals surface area (Å²) in [6.45, 7) is 4.74. The minimum atomic E-state index is -0.610. The lowest BCUT2D eigenvalue weighted by atomic mass is 10.2. The van der Waals surface area contributed by atoms with Gasteiger partial charge in [-0.2, -0.15) is 5.10 Å². The molecule has 102 valence electrons. The van der Waals surface area contributed by atoms with Crippen molar-refractivity contribution in [2.24, 2.45) is 0 Å². The number of hydrogen-bond donors (Lipinski definition) is 1. The smallest absolute Gasteiger partial charge is 0.106 e. The third-order valence-corrected chi connectivity index (χ3v) is 4.26. The highest BCUT2D eigenvalue weighted by Gasteiger charge is 2.17. The molecule has 0 aliphatic rings. The first-order valence-corrected chi connectivity index (χ1v) is 7.57. The second kappa shape index (κ2) is 6.46. The molecule has 3 nitrogen and oxygen atoms in total. The maximum absolute atomic E-state index is 10.3. The topological polar surface area (TPSA) is 38.0 Å². The van der Waals surface area contributed by atoms with Crippen LogP contribution in [-0.2, 0) is 6.54 Å². The molecule has 1 aromatic carbocycles. The minimum absolute atomic E-state index is 0.527. The van der Waals surface area contributed by atoms with Gasteiger partial charge < -0.3 is 5.11 Å². The molecule has 0 bridgehead atoms. The van der Waals surface area contributed by atoms with E-state index in [9.17, 15) is 5.11 Å². The van der Waals surface area contributed by atoms with Crippen LogP contribution in [0.15, 0.2) is 35.4 Å². The summed E-state index contributed by atoms with van der Waals surface area (Å²) in [5, 5.41) is 14.9. The minimum Gasteiger partial charge on any atom is -0.386 e. The fraction of sp³-hybridized carbons (Fsp3) is 0.357. The van der Waals surface area contributed by atoms with Crippen molar-refractivity contribution in [2.75, 3.05) is 5.75 Å². The zero-order chi connectivity index (χ0) is 13.8. The molecular formula is C14H17ClN2OS. The van der Waals surface area contributed by atoms with Crippen LogP contribution in [0, 0.1) is 6.92 Å². The van der Waals surface area contributed by atoms with Gasteiger partial charge in [0.15, 0.2) is 0 Å². The number of benzene rings is 1. The molecule has 0 saturated carbocycles. The van der Waals surface area contributed by atoms with Gasteiger partial charge in [0.1, 0.15) is 6.10 Å². The van der Waals surface area contributed by atoms with Gasteiger partial charge >= 0.3 is 0 Å². The van der Waals surface area contributed by atoms with Crippen molar-refractivity contribution >= 4 is 23.4 Å². The van der Waals surface area contributed by atoms with Crippen molar-refractivity contribution in [1.82, 2.24) is 9.78 Å². The van der Waals surface area contributed by atoms with E-state index in [-0.39, 0.29) is 0 Å². The Morgan fingerprint density at radius 3 is 2.68 bits per heavy atom. The molecule has 2 aromatic rings. The molecule has 0 amide bonds. The Morgan fingerprint density at radius 2 is 2.05 bits per heavy atom. The predicted octanol–water partition coefficient (Wildman–Crippen LogP) is 3.69. The molecule has 1 unspecified atom stereocenters. The van der Waals surface area contributed by atoms with Crippen LogP contribution in [0.4, 0.5) is 0 Å². The van der Waals surface area contributed by atoms with Crippen molar-refractivity contribution < 1.29 is 5.11 Å². The van der Waals surface area contributed by atoms with Gasteiger partial charge in [0.2, 0.25) is 0 Å². The van der Waals surface area contributed by atoms with Crippen LogP contribution in [0.3, 0.4) is 0 Å². The maximum Gasteiger partial charge on any atom is 0.106 e. The van der Waals surface area contributed by atoms with Crippen LogP contribution in [-0.4, -0.2) is 20.6 Å². The second-order valence-electron chi connectivity index (χ2n) is 4.33. The van der Waals surface area contributed by atoms with Gasteiger partial charge in [-0.05, 0) is 26.0 Å². The maximum atomic E-state index is 10.3. The van der Waals surface area contributed by atoms with E-state index >= 15 is 0 Å². The van der Waals surface area contributed by atoms with Gasteiger partial charge in [0.05, 0.1) is 16.9 Å². The number of aliphatic hydroxyl groups is 1. The van der Waals surface area contributed by atoms with Gasteiger partial charge in [0.25, 0.3) is 0 Å². The monoisotopic (exact) mass is 296 g/mol. The molecule has 1 heterocycles. The SMILES string of the molecule is CCn1ncc(Cl)c1C(O)CSc1ccc(C)cc1. The molecule has 1 N–H and O–H groups in total. The van der Waals surface area contributed by atoms with E-state index in [1.165, 1.54) is 5.56 Å². The van der Waals surface area contributed by atoms with E-state index < -0.39 is 6.10 Å². The molecule has 5 heteroatoms. The molecule has 1 atom stereocenters. The standard InChI is InChI=1S/C14H17ClN2OS/c1-3-17-14(12(15)8-16-17)13(18)9-19-11-6-4-10(2)5-7-11/h4-8,13,18H,3,9H2,1-2H3. The average molecular weight is 297 g/mol. The summed E-state index contributed by atoms with van der Waals surface area (Å²) >= 11 is 7.68.